The van der Waals surface area contributed by atoms with Crippen molar-refractivity contribution in [3.05, 3.63) is 57.6 Å². The highest BCUT2D eigenvalue weighted by Gasteiger charge is 2.10. The molecule has 0 spiro atoms. The number of hydrogen-bond acceptors (Lipinski definition) is 4. The first-order chi connectivity index (χ1) is 11.1. The van der Waals surface area contributed by atoms with Crippen molar-refractivity contribution in [2.75, 3.05) is 5.43 Å². The number of aromatic amines is 1. The van der Waals surface area contributed by atoms with Gasteiger partial charge in [-0.1, -0.05) is 18.2 Å². The maximum Gasteiger partial charge on any atom is 0.252 e. The zero-order valence-electron chi connectivity index (χ0n) is 13.4. The van der Waals surface area contributed by atoms with Crippen LogP contribution in [0.1, 0.15) is 23.9 Å². The van der Waals surface area contributed by atoms with Crippen molar-refractivity contribution < 1.29 is 0 Å². The van der Waals surface area contributed by atoms with Crippen molar-refractivity contribution in [1.29, 1.82) is 0 Å². The highest BCUT2D eigenvalue weighted by atomic mass is 16.1. The molecular weight excluding hydrogens is 290 g/mol. The van der Waals surface area contributed by atoms with Gasteiger partial charge in [-0.3, -0.25) is 9.78 Å². The van der Waals surface area contributed by atoms with Crippen LogP contribution in [-0.2, 0) is 6.54 Å². The van der Waals surface area contributed by atoms with Crippen LogP contribution in [0.5, 0.6) is 0 Å². The molecule has 0 bridgehead atoms. The maximum absolute atomic E-state index is 11.4. The molecule has 2 heterocycles. The Morgan fingerprint density at radius 2 is 2.13 bits per heavy atom. The molecule has 23 heavy (non-hydrogen) atoms. The SMILES string of the molecule is CCn1c(C)c(C=NNc2nc(C)cc(=O)[nH]2)c2ccccc21. The molecule has 0 unspecified atom stereocenters. The minimum Gasteiger partial charge on any atom is -0.344 e. The van der Waals surface area contributed by atoms with Gasteiger partial charge in [0.05, 0.1) is 6.21 Å². The summed E-state index contributed by atoms with van der Waals surface area (Å²) in [5.74, 6) is 0.336. The summed E-state index contributed by atoms with van der Waals surface area (Å²) in [5.41, 5.74) is 6.64. The molecule has 0 aliphatic carbocycles. The average Bonchev–Trinajstić information content (AvgIpc) is 2.78. The number of rotatable bonds is 4. The van der Waals surface area contributed by atoms with E-state index in [4.69, 9.17) is 0 Å². The van der Waals surface area contributed by atoms with Crippen molar-refractivity contribution in [3.63, 3.8) is 0 Å². The topological polar surface area (TPSA) is 75.1 Å². The van der Waals surface area contributed by atoms with Gasteiger partial charge in [0.25, 0.3) is 5.56 Å². The number of anilines is 1. The second kappa shape index (κ2) is 6.08. The van der Waals surface area contributed by atoms with Gasteiger partial charge >= 0.3 is 0 Å². The van der Waals surface area contributed by atoms with Crippen molar-refractivity contribution in [2.24, 2.45) is 5.10 Å². The molecule has 0 fully saturated rings. The van der Waals surface area contributed by atoms with Crippen molar-refractivity contribution in [2.45, 2.75) is 27.3 Å². The van der Waals surface area contributed by atoms with Crippen molar-refractivity contribution in [3.8, 4) is 0 Å². The van der Waals surface area contributed by atoms with E-state index < -0.39 is 0 Å². The number of nitrogens with one attached hydrogen (secondary N) is 2. The lowest BCUT2D eigenvalue weighted by Crippen LogP contribution is -2.10. The van der Waals surface area contributed by atoms with Crippen LogP contribution in [0.3, 0.4) is 0 Å². The fraction of sp³-hybridized carbons (Fsp3) is 0.235. The molecule has 2 aromatic heterocycles. The fourth-order valence-corrected chi connectivity index (χ4v) is 2.82. The van der Waals surface area contributed by atoms with Gasteiger partial charge in [-0.15, -0.1) is 0 Å². The first-order valence-corrected chi connectivity index (χ1v) is 7.55. The van der Waals surface area contributed by atoms with Gasteiger partial charge in [-0.05, 0) is 26.8 Å². The third-order valence-electron chi connectivity index (χ3n) is 3.83. The number of aromatic nitrogens is 3. The van der Waals surface area contributed by atoms with E-state index in [9.17, 15) is 4.79 Å². The Bertz CT molecular complexity index is 936. The predicted octanol–water partition coefficient (Wildman–Crippen LogP) is 2.81. The average molecular weight is 309 g/mol. The maximum atomic E-state index is 11.4. The molecule has 0 saturated heterocycles. The molecule has 6 heteroatoms. The molecule has 1 aromatic carbocycles. The van der Waals surface area contributed by atoms with Gasteiger partial charge in [0.1, 0.15) is 0 Å². The number of nitrogens with zero attached hydrogens (tertiary/aromatic N) is 3. The molecule has 0 atom stereocenters. The Morgan fingerprint density at radius 3 is 2.87 bits per heavy atom. The molecule has 6 nitrogen and oxygen atoms in total. The third kappa shape index (κ3) is 2.88. The Labute approximate surface area is 133 Å². The lowest BCUT2D eigenvalue weighted by atomic mass is 10.1. The van der Waals surface area contributed by atoms with Crippen LogP contribution in [0.25, 0.3) is 10.9 Å². The Balaban J connectivity index is 1.95. The van der Waals surface area contributed by atoms with E-state index in [1.54, 1.807) is 13.1 Å². The summed E-state index contributed by atoms with van der Waals surface area (Å²) < 4.78 is 2.25. The zero-order valence-corrected chi connectivity index (χ0v) is 13.4. The summed E-state index contributed by atoms with van der Waals surface area (Å²) in [7, 11) is 0. The van der Waals surface area contributed by atoms with Crippen LogP contribution in [0.2, 0.25) is 0 Å². The van der Waals surface area contributed by atoms with E-state index in [1.165, 1.54) is 11.6 Å². The molecule has 0 amide bonds. The highest BCUT2D eigenvalue weighted by Crippen LogP contribution is 2.24. The van der Waals surface area contributed by atoms with E-state index in [-0.39, 0.29) is 5.56 Å². The molecule has 2 N–H and O–H groups in total. The smallest absolute Gasteiger partial charge is 0.252 e. The lowest BCUT2D eigenvalue weighted by molar-refractivity contribution is 0.769. The van der Waals surface area contributed by atoms with Crippen molar-refractivity contribution >= 4 is 23.1 Å². The number of hydrazone groups is 1. The first kappa shape index (κ1) is 15.0. The number of aryl methyl sites for hydroxylation is 2. The van der Waals surface area contributed by atoms with Gasteiger partial charge < -0.3 is 4.57 Å². The largest absolute Gasteiger partial charge is 0.344 e. The van der Waals surface area contributed by atoms with E-state index in [0.29, 0.717) is 11.6 Å². The number of benzene rings is 1. The third-order valence-corrected chi connectivity index (χ3v) is 3.83. The Morgan fingerprint density at radius 1 is 1.35 bits per heavy atom. The zero-order chi connectivity index (χ0) is 16.4. The number of H-pyrrole nitrogens is 1. The quantitative estimate of drug-likeness (QED) is 0.575. The van der Waals surface area contributed by atoms with Crippen LogP contribution < -0.4 is 11.0 Å². The normalized spacial score (nSPS) is 11.4. The summed E-state index contributed by atoms with van der Waals surface area (Å²) in [6, 6.07) is 9.69. The number of hydrogen-bond donors (Lipinski definition) is 2. The van der Waals surface area contributed by atoms with Crippen LogP contribution in [0.4, 0.5) is 5.95 Å². The van der Waals surface area contributed by atoms with Gasteiger partial charge in [-0.25, -0.2) is 10.4 Å². The molecule has 118 valence electrons. The summed E-state index contributed by atoms with van der Waals surface area (Å²) >= 11 is 0. The summed E-state index contributed by atoms with van der Waals surface area (Å²) in [4.78, 5) is 18.2. The molecule has 0 radical (unpaired) electrons. The summed E-state index contributed by atoms with van der Waals surface area (Å²) in [6.45, 7) is 6.88. The van der Waals surface area contributed by atoms with Gasteiger partial charge in [0, 0.05) is 40.5 Å². The summed E-state index contributed by atoms with van der Waals surface area (Å²) in [6.07, 6.45) is 1.77. The van der Waals surface area contributed by atoms with Gasteiger partial charge in [0.2, 0.25) is 5.95 Å². The molecular formula is C17H19N5O. The number of para-hydroxylation sites is 1. The molecule has 0 aliphatic rings. The number of fused-ring (bicyclic) bond motifs is 1. The van der Waals surface area contributed by atoms with E-state index in [1.807, 2.05) is 12.1 Å². The molecule has 0 saturated carbocycles. The standard InChI is InChI=1S/C17H19N5O/c1-4-22-12(3)14(13-7-5-6-8-15(13)22)10-18-21-17-19-11(2)9-16(23)20-17/h5-10H,4H2,1-3H3,(H2,19,20,21,23). The monoisotopic (exact) mass is 309 g/mol. The highest BCUT2D eigenvalue weighted by molar-refractivity contribution is 6.01. The molecule has 3 rings (SSSR count). The van der Waals surface area contributed by atoms with Crippen LogP contribution in [0.15, 0.2) is 40.2 Å². The van der Waals surface area contributed by atoms with Crippen molar-refractivity contribution in [1.82, 2.24) is 14.5 Å². The second-order valence-electron chi connectivity index (χ2n) is 5.37. The van der Waals surface area contributed by atoms with Gasteiger partial charge in [-0.2, -0.15) is 5.10 Å². The van der Waals surface area contributed by atoms with Crippen LogP contribution in [-0.4, -0.2) is 20.7 Å². The van der Waals surface area contributed by atoms with E-state index in [0.717, 1.165) is 23.2 Å². The Kier molecular flexibility index (Phi) is 3.97. The van der Waals surface area contributed by atoms with Gasteiger partial charge in [0.15, 0.2) is 0 Å². The van der Waals surface area contributed by atoms with E-state index >= 15 is 0 Å². The Hall–Kier alpha value is -2.89. The summed E-state index contributed by atoms with van der Waals surface area (Å²) in [5, 5.41) is 5.39. The molecule has 0 aliphatic heterocycles. The molecule has 3 aromatic rings. The first-order valence-electron chi connectivity index (χ1n) is 7.55. The second-order valence-corrected chi connectivity index (χ2v) is 5.37. The van der Waals surface area contributed by atoms with Crippen LogP contribution in [0, 0.1) is 13.8 Å². The minimum atomic E-state index is -0.200. The lowest BCUT2D eigenvalue weighted by Gasteiger charge is -2.03. The predicted molar refractivity (Wildman–Crippen MR) is 93.2 cm³/mol. The van der Waals surface area contributed by atoms with E-state index in [2.05, 4.69) is 51.0 Å². The van der Waals surface area contributed by atoms with Crippen LogP contribution >= 0.6 is 0 Å². The fourth-order valence-electron chi connectivity index (χ4n) is 2.82. The minimum absolute atomic E-state index is 0.200.